The lowest BCUT2D eigenvalue weighted by Gasteiger charge is -2.47. The van der Waals surface area contributed by atoms with Crippen LogP contribution in [0.1, 0.15) is 0 Å². The Balaban J connectivity index is 2.02. The Morgan fingerprint density at radius 1 is 1.61 bits per heavy atom. The molecule has 18 heavy (non-hydrogen) atoms. The van der Waals surface area contributed by atoms with Crippen molar-refractivity contribution in [2.75, 3.05) is 12.4 Å². The average Bonchev–Trinajstić information content (AvgIpc) is 2.33. The summed E-state index contributed by atoms with van der Waals surface area (Å²) in [6.45, 7) is -0.378. The summed E-state index contributed by atoms with van der Waals surface area (Å²) in [5.74, 6) is -0.329. The molecule has 1 amide bonds. The van der Waals surface area contributed by atoms with E-state index in [2.05, 4.69) is 0 Å². The van der Waals surface area contributed by atoms with E-state index in [4.69, 9.17) is 45.3 Å². The highest BCUT2D eigenvalue weighted by atomic mass is 35.6. The van der Waals surface area contributed by atoms with Crippen molar-refractivity contribution in [1.82, 2.24) is 4.90 Å². The predicted molar refractivity (Wildman–Crippen MR) is 70.4 cm³/mol. The van der Waals surface area contributed by atoms with Gasteiger partial charge in [-0.1, -0.05) is 34.8 Å². The summed E-state index contributed by atoms with van der Waals surface area (Å²) in [5.41, 5.74) is 5.79. The minimum atomic E-state index is -1.67. The van der Waals surface area contributed by atoms with Crippen LogP contribution in [0.3, 0.4) is 0 Å². The molecule has 0 aromatic heterocycles. The van der Waals surface area contributed by atoms with Crippen molar-refractivity contribution in [1.29, 1.82) is 0 Å². The molecule has 0 bridgehead atoms. The van der Waals surface area contributed by atoms with Gasteiger partial charge in [-0.15, -0.1) is 11.8 Å². The molecule has 1 fully saturated rings. The quantitative estimate of drug-likeness (QED) is 0.465. The molecule has 1 saturated heterocycles. The van der Waals surface area contributed by atoms with Gasteiger partial charge in [-0.05, 0) is 0 Å². The number of rotatable bonds is 2. The Morgan fingerprint density at radius 3 is 2.89 bits per heavy atom. The number of hydrogen-bond donors (Lipinski definition) is 1. The third kappa shape index (κ3) is 2.72. The number of fused-ring (bicyclic) bond motifs is 1. The van der Waals surface area contributed by atoms with Crippen molar-refractivity contribution in [2.24, 2.45) is 5.73 Å². The van der Waals surface area contributed by atoms with Crippen LogP contribution in [0.2, 0.25) is 0 Å². The van der Waals surface area contributed by atoms with Crippen molar-refractivity contribution in [3.8, 4) is 0 Å². The molecule has 2 N–H and O–H groups in total. The SMILES string of the molecule is N[C@H]1C(=O)N2C(C(=O)OCC(Cl)(Cl)Cl)=CSC[C@@H]12. The van der Waals surface area contributed by atoms with Gasteiger partial charge in [0.05, 0.1) is 6.04 Å². The Labute approximate surface area is 123 Å². The van der Waals surface area contributed by atoms with E-state index >= 15 is 0 Å². The fourth-order valence-electron chi connectivity index (χ4n) is 1.69. The second kappa shape index (κ2) is 5.09. The van der Waals surface area contributed by atoms with E-state index in [1.165, 1.54) is 16.7 Å². The average molecular weight is 332 g/mol. The van der Waals surface area contributed by atoms with E-state index < -0.39 is 15.8 Å². The topological polar surface area (TPSA) is 72.6 Å². The molecule has 0 aromatic carbocycles. The molecular weight excluding hydrogens is 323 g/mol. The van der Waals surface area contributed by atoms with Gasteiger partial charge in [-0.2, -0.15) is 0 Å². The van der Waals surface area contributed by atoms with Gasteiger partial charge in [-0.25, -0.2) is 4.79 Å². The first-order valence-corrected chi connectivity index (χ1v) is 7.14. The highest BCUT2D eigenvalue weighted by Gasteiger charge is 2.50. The van der Waals surface area contributed by atoms with Gasteiger partial charge in [0.25, 0.3) is 0 Å². The van der Waals surface area contributed by atoms with Crippen LogP contribution < -0.4 is 5.73 Å². The van der Waals surface area contributed by atoms with Gasteiger partial charge in [0.15, 0.2) is 0 Å². The maximum absolute atomic E-state index is 11.8. The second-order valence-corrected chi connectivity index (χ2v) is 7.25. The summed E-state index contributed by atoms with van der Waals surface area (Å²) in [5, 5.41) is 1.56. The molecule has 0 unspecified atom stereocenters. The number of amides is 1. The molecule has 0 spiro atoms. The number of nitrogens with zero attached hydrogens (tertiary/aromatic N) is 1. The summed E-state index contributed by atoms with van der Waals surface area (Å²) in [6.07, 6.45) is 0. The number of carbonyl (C=O) groups is 2. The van der Waals surface area contributed by atoms with Gasteiger partial charge in [0, 0.05) is 11.2 Å². The number of halogens is 3. The lowest BCUT2D eigenvalue weighted by molar-refractivity contribution is -0.152. The van der Waals surface area contributed by atoms with Crippen molar-refractivity contribution >= 4 is 58.4 Å². The third-order valence-corrected chi connectivity index (χ3v) is 3.82. The first-order valence-electron chi connectivity index (χ1n) is 4.95. The zero-order chi connectivity index (χ0) is 13.5. The van der Waals surface area contributed by atoms with Crippen LogP contribution in [0, 0.1) is 0 Å². The maximum atomic E-state index is 11.8. The molecule has 100 valence electrons. The standard InChI is InChI=1S/C9H9Cl3N2O3S/c10-9(11,12)3-17-8(16)5-2-18-1-4-6(13)7(15)14(4)5/h2,4,6H,1,3,13H2/t4-,6+/m0/s1. The first kappa shape index (κ1) is 14.3. The van der Waals surface area contributed by atoms with Gasteiger partial charge < -0.3 is 10.5 Å². The smallest absolute Gasteiger partial charge is 0.355 e. The number of thioether (sulfide) groups is 1. The Kier molecular flexibility index (Phi) is 4.04. The van der Waals surface area contributed by atoms with Crippen molar-refractivity contribution < 1.29 is 14.3 Å². The fraction of sp³-hybridized carbons (Fsp3) is 0.556. The lowest BCUT2D eigenvalue weighted by Crippen LogP contribution is -2.70. The van der Waals surface area contributed by atoms with Crippen LogP contribution in [-0.2, 0) is 14.3 Å². The number of ether oxygens (including phenoxy) is 1. The highest BCUT2D eigenvalue weighted by molar-refractivity contribution is 8.02. The fourth-order valence-corrected chi connectivity index (χ4v) is 2.87. The van der Waals surface area contributed by atoms with E-state index in [0.717, 1.165) is 0 Å². The maximum Gasteiger partial charge on any atom is 0.355 e. The number of hydrogen-bond acceptors (Lipinski definition) is 5. The molecular formula is C9H9Cl3N2O3S. The Bertz CT molecular complexity index is 424. The first-order chi connectivity index (χ1) is 8.31. The molecule has 0 radical (unpaired) electrons. The normalized spacial score (nSPS) is 27.2. The van der Waals surface area contributed by atoms with Gasteiger partial charge in [-0.3, -0.25) is 9.69 Å². The molecule has 2 aliphatic rings. The van der Waals surface area contributed by atoms with E-state index in [9.17, 15) is 9.59 Å². The van der Waals surface area contributed by atoms with Crippen molar-refractivity contribution in [2.45, 2.75) is 15.9 Å². The van der Waals surface area contributed by atoms with Crippen LogP contribution in [-0.4, -0.2) is 45.0 Å². The van der Waals surface area contributed by atoms with Crippen LogP contribution in [0.4, 0.5) is 0 Å². The van der Waals surface area contributed by atoms with E-state index in [0.29, 0.717) is 5.75 Å². The molecule has 9 heteroatoms. The molecule has 2 heterocycles. The van der Waals surface area contributed by atoms with Crippen LogP contribution in [0.15, 0.2) is 11.1 Å². The van der Waals surface area contributed by atoms with E-state index in [1.54, 1.807) is 5.41 Å². The Hall–Kier alpha value is -0.140. The summed E-state index contributed by atoms with van der Waals surface area (Å²) >= 11 is 17.8. The molecule has 5 nitrogen and oxygen atoms in total. The van der Waals surface area contributed by atoms with Gasteiger partial charge >= 0.3 is 5.97 Å². The molecule has 2 aliphatic heterocycles. The molecule has 0 saturated carbocycles. The molecule has 2 atom stereocenters. The van der Waals surface area contributed by atoms with Crippen molar-refractivity contribution in [3.05, 3.63) is 11.1 Å². The second-order valence-electron chi connectivity index (χ2n) is 3.83. The minimum absolute atomic E-state index is 0.150. The monoisotopic (exact) mass is 330 g/mol. The zero-order valence-corrected chi connectivity index (χ0v) is 12.0. The number of alkyl halides is 3. The number of nitrogens with two attached hydrogens (primary N) is 1. The Morgan fingerprint density at radius 2 is 2.28 bits per heavy atom. The predicted octanol–water partition coefficient (Wildman–Crippen LogP) is 1.03. The van der Waals surface area contributed by atoms with Crippen LogP contribution >= 0.6 is 46.6 Å². The third-order valence-electron chi connectivity index (χ3n) is 2.57. The van der Waals surface area contributed by atoms with E-state index in [-0.39, 0.29) is 24.3 Å². The number of esters is 1. The number of carbonyl (C=O) groups excluding carboxylic acids is 2. The number of β-lactam (4-membered cyclic amide) rings is 1. The molecule has 2 rings (SSSR count). The summed E-state index contributed by atoms with van der Waals surface area (Å²) in [4.78, 5) is 24.7. The van der Waals surface area contributed by atoms with Gasteiger partial charge in [0.1, 0.15) is 18.3 Å². The summed E-state index contributed by atoms with van der Waals surface area (Å²) < 4.78 is 3.16. The molecule has 0 aliphatic carbocycles. The molecule has 0 aromatic rings. The van der Waals surface area contributed by atoms with E-state index in [1.807, 2.05) is 0 Å². The summed E-state index contributed by atoms with van der Waals surface area (Å²) in [6, 6.07) is -0.718. The summed E-state index contributed by atoms with van der Waals surface area (Å²) in [7, 11) is 0. The van der Waals surface area contributed by atoms with Crippen LogP contribution in [0.5, 0.6) is 0 Å². The lowest BCUT2D eigenvalue weighted by atomic mass is 9.96. The van der Waals surface area contributed by atoms with Crippen LogP contribution in [0.25, 0.3) is 0 Å². The minimum Gasteiger partial charge on any atom is -0.456 e. The zero-order valence-electron chi connectivity index (χ0n) is 8.94. The highest BCUT2D eigenvalue weighted by Crippen LogP contribution is 2.34. The largest absolute Gasteiger partial charge is 0.456 e. The van der Waals surface area contributed by atoms with Crippen molar-refractivity contribution in [3.63, 3.8) is 0 Å². The van der Waals surface area contributed by atoms with Gasteiger partial charge in [0.2, 0.25) is 9.70 Å².